The van der Waals surface area contributed by atoms with Crippen LogP contribution in [-0.4, -0.2) is 50.9 Å². The number of rotatable bonds is 6. The second kappa shape index (κ2) is 8.70. The molecule has 0 saturated carbocycles. The molecule has 1 N–H and O–H groups in total. The number of sulfonamides is 1. The average molecular weight is 404 g/mol. The van der Waals surface area contributed by atoms with Crippen LogP contribution in [0.1, 0.15) is 26.2 Å². The van der Waals surface area contributed by atoms with Crippen LogP contribution in [0.15, 0.2) is 47.4 Å². The standard InChI is InChI=1S/C20H24N2O5S/c1-15-6-4-5-11-22(15)19(23)14-27-20(24)13-21-28(25,26)18-10-9-16-7-2-3-8-17(16)12-18/h2-3,7-10,12,15,21H,4-6,11,13-14H2,1H3/t15-/m1/s1. The third kappa shape index (κ3) is 4.88. The molecule has 0 bridgehead atoms. The van der Waals surface area contributed by atoms with E-state index in [-0.39, 0.29) is 23.5 Å². The van der Waals surface area contributed by atoms with Crippen molar-refractivity contribution in [2.24, 2.45) is 0 Å². The number of ether oxygens (including phenoxy) is 1. The summed E-state index contributed by atoms with van der Waals surface area (Å²) in [6.45, 7) is 1.72. The van der Waals surface area contributed by atoms with Crippen LogP contribution in [-0.2, 0) is 24.3 Å². The minimum Gasteiger partial charge on any atom is -0.455 e. The molecule has 1 atom stereocenters. The monoisotopic (exact) mass is 404 g/mol. The van der Waals surface area contributed by atoms with Crippen molar-refractivity contribution < 1.29 is 22.7 Å². The Hall–Kier alpha value is -2.45. The van der Waals surface area contributed by atoms with E-state index in [0.29, 0.717) is 6.54 Å². The Morgan fingerprint density at radius 1 is 1.14 bits per heavy atom. The van der Waals surface area contributed by atoms with E-state index in [2.05, 4.69) is 4.72 Å². The first-order valence-electron chi connectivity index (χ1n) is 9.30. The molecule has 3 rings (SSSR count). The molecule has 1 fully saturated rings. The van der Waals surface area contributed by atoms with Crippen molar-refractivity contribution in [2.75, 3.05) is 19.7 Å². The largest absolute Gasteiger partial charge is 0.455 e. The molecular weight excluding hydrogens is 380 g/mol. The lowest BCUT2D eigenvalue weighted by Gasteiger charge is -2.33. The predicted octanol–water partition coefficient (Wildman–Crippen LogP) is 2.06. The van der Waals surface area contributed by atoms with Gasteiger partial charge in [0.1, 0.15) is 6.54 Å². The molecule has 0 unspecified atom stereocenters. The second-order valence-electron chi connectivity index (χ2n) is 6.93. The van der Waals surface area contributed by atoms with Gasteiger partial charge in [-0.3, -0.25) is 9.59 Å². The number of hydrogen-bond donors (Lipinski definition) is 1. The van der Waals surface area contributed by atoms with E-state index in [1.165, 1.54) is 6.07 Å². The van der Waals surface area contributed by atoms with Crippen molar-refractivity contribution in [3.8, 4) is 0 Å². The summed E-state index contributed by atoms with van der Waals surface area (Å²) in [6.07, 6.45) is 2.96. The number of hydrogen-bond acceptors (Lipinski definition) is 5. The van der Waals surface area contributed by atoms with Gasteiger partial charge in [-0.05, 0) is 49.1 Å². The highest BCUT2D eigenvalue weighted by Crippen LogP contribution is 2.19. The maximum atomic E-state index is 12.4. The predicted molar refractivity (Wildman–Crippen MR) is 105 cm³/mol. The van der Waals surface area contributed by atoms with Gasteiger partial charge in [0.2, 0.25) is 10.0 Å². The summed E-state index contributed by atoms with van der Waals surface area (Å²) in [5.41, 5.74) is 0. The fourth-order valence-electron chi connectivity index (χ4n) is 3.32. The van der Waals surface area contributed by atoms with Crippen molar-refractivity contribution in [3.63, 3.8) is 0 Å². The lowest BCUT2D eigenvalue weighted by molar-refractivity contribution is -0.152. The summed E-state index contributed by atoms with van der Waals surface area (Å²) in [6, 6.07) is 12.3. The Kier molecular flexibility index (Phi) is 6.31. The van der Waals surface area contributed by atoms with Gasteiger partial charge in [-0.2, -0.15) is 4.72 Å². The summed E-state index contributed by atoms with van der Waals surface area (Å²) in [7, 11) is -3.86. The van der Waals surface area contributed by atoms with Crippen molar-refractivity contribution in [2.45, 2.75) is 37.1 Å². The van der Waals surface area contributed by atoms with Gasteiger partial charge < -0.3 is 9.64 Å². The molecule has 0 radical (unpaired) electrons. The third-order valence-corrected chi connectivity index (χ3v) is 6.32. The SMILES string of the molecule is C[C@@H]1CCCCN1C(=O)COC(=O)CNS(=O)(=O)c1ccc2ccccc2c1. The summed E-state index contributed by atoms with van der Waals surface area (Å²) in [4.78, 5) is 25.8. The minimum absolute atomic E-state index is 0.0669. The van der Waals surface area contributed by atoms with Gasteiger partial charge in [-0.15, -0.1) is 0 Å². The van der Waals surface area contributed by atoms with Gasteiger partial charge in [0.15, 0.2) is 6.61 Å². The number of fused-ring (bicyclic) bond motifs is 1. The fraction of sp³-hybridized carbons (Fsp3) is 0.400. The smallest absolute Gasteiger partial charge is 0.321 e. The van der Waals surface area contributed by atoms with Crippen LogP contribution in [0.4, 0.5) is 0 Å². The van der Waals surface area contributed by atoms with Crippen LogP contribution in [0.3, 0.4) is 0 Å². The first kappa shape index (κ1) is 20.3. The number of esters is 1. The fourth-order valence-corrected chi connectivity index (χ4v) is 4.32. The van der Waals surface area contributed by atoms with Crippen LogP contribution in [0.25, 0.3) is 10.8 Å². The number of likely N-dealkylation sites (tertiary alicyclic amines) is 1. The summed E-state index contributed by atoms with van der Waals surface area (Å²) >= 11 is 0. The van der Waals surface area contributed by atoms with Gasteiger partial charge in [0.25, 0.3) is 5.91 Å². The second-order valence-corrected chi connectivity index (χ2v) is 8.69. The quantitative estimate of drug-likeness (QED) is 0.744. The molecule has 1 heterocycles. The highest BCUT2D eigenvalue weighted by atomic mass is 32.2. The van der Waals surface area contributed by atoms with Crippen LogP contribution in [0.2, 0.25) is 0 Å². The normalized spacial score (nSPS) is 17.5. The number of nitrogens with one attached hydrogen (secondary N) is 1. The minimum atomic E-state index is -3.86. The average Bonchev–Trinajstić information content (AvgIpc) is 2.70. The molecule has 0 aromatic heterocycles. The van der Waals surface area contributed by atoms with Gasteiger partial charge in [0.05, 0.1) is 4.90 Å². The Morgan fingerprint density at radius 2 is 1.89 bits per heavy atom. The van der Waals surface area contributed by atoms with Crippen LogP contribution < -0.4 is 4.72 Å². The molecule has 1 aliphatic rings. The molecule has 150 valence electrons. The third-order valence-electron chi connectivity index (χ3n) is 4.92. The van der Waals surface area contributed by atoms with Crippen LogP contribution in [0.5, 0.6) is 0 Å². The molecule has 1 aliphatic heterocycles. The topological polar surface area (TPSA) is 92.8 Å². The van der Waals surface area contributed by atoms with Crippen molar-refractivity contribution in [1.29, 1.82) is 0 Å². The molecule has 0 aliphatic carbocycles. The number of amides is 1. The Bertz CT molecular complexity index is 973. The summed E-state index contributed by atoms with van der Waals surface area (Å²) < 4.78 is 32.0. The summed E-state index contributed by atoms with van der Waals surface area (Å²) in [5, 5.41) is 1.71. The number of benzene rings is 2. The van der Waals surface area contributed by atoms with E-state index < -0.39 is 22.5 Å². The molecule has 2 aromatic rings. The molecule has 2 aromatic carbocycles. The number of carbonyl (C=O) groups excluding carboxylic acids is 2. The molecule has 8 heteroatoms. The van der Waals surface area contributed by atoms with Gasteiger partial charge in [-0.25, -0.2) is 8.42 Å². The molecule has 7 nitrogen and oxygen atoms in total. The molecular formula is C20H24N2O5S. The maximum absolute atomic E-state index is 12.4. The van der Waals surface area contributed by atoms with E-state index in [4.69, 9.17) is 4.74 Å². The molecule has 0 spiro atoms. The van der Waals surface area contributed by atoms with Gasteiger partial charge in [0, 0.05) is 12.6 Å². The highest BCUT2D eigenvalue weighted by Gasteiger charge is 2.24. The zero-order valence-corrected chi connectivity index (χ0v) is 16.6. The first-order valence-corrected chi connectivity index (χ1v) is 10.8. The number of piperidine rings is 1. The van der Waals surface area contributed by atoms with E-state index in [9.17, 15) is 18.0 Å². The van der Waals surface area contributed by atoms with Crippen molar-refractivity contribution in [3.05, 3.63) is 42.5 Å². The van der Waals surface area contributed by atoms with Crippen molar-refractivity contribution in [1.82, 2.24) is 9.62 Å². The van der Waals surface area contributed by atoms with E-state index >= 15 is 0 Å². The molecule has 28 heavy (non-hydrogen) atoms. The van der Waals surface area contributed by atoms with Crippen molar-refractivity contribution >= 4 is 32.7 Å². The van der Waals surface area contributed by atoms with E-state index in [0.717, 1.165) is 30.0 Å². The van der Waals surface area contributed by atoms with Gasteiger partial charge >= 0.3 is 5.97 Å². The Balaban J connectivity index is 1.53. The Labute approximate surface area is 164 Å². The van der Waals surface area contributed by atoms with Crippen LogP contribution >= 0.6 is 0 Å². The highest BCUT2D eigenvalue weighted by molar-refractivity contribution is 7.89. The zero-order valence-electron chi connectivity index (χ0n) is 15.8. The number of carbonyl (C=O) groups is 2. The zero-order chi connectivity index (χ0) is 20.1. The number of nitrogens with zero attached hydrogens (tertiary/aromatic N) is 1. The van der Waals surface area contributed by atoms with E-state index in [1.54, 1.807) is 17.0 Å². The van der Waals surface area contributed by atoms with E-state index in [1.807, 2.05) is 31.2 Å². The lowest BCUT2D eigenvalue weighted by Crippen LogP contribution is -2.44. The summed E-state index contributed by atoms with van der Waals surface area (Å²) in [5.74, 6) is -1.04. The maximum Gasteiger partial charge on any atom is 0.321 e. The molecule has 1 saturated heterocycles. The first-order chi connectivity index (χ1) is 13.4. The lowest BCUT2D eigenvalue weighted by atomic mass is 10.0. The Morgan fingerprint density at radius 3 is 2.64 bits per heavy atom. The van der Waals surface area contributed by atoms with Crippen LogP contribution in [0, 0.1) is 0 Å². The van der Waals surface area contributed by atoms with Gasteiger partial charge in [-0.1, -0.05) is 30.3 Å². The molecule has 1 amide bonds.